The smallest absolute Gasteiger partial charge is 0.317 e. The van der Waals surface area contributed by atoms with E-state index >= 15 is 0 Å². The third-order valence-corrected chi connectivity index (χ3v) is 3.78. The van der Waals surface area contributed by atoms with E-state index in [0.29, 0.717) is 17.0 Å². The molecule has 20 heavy (non-hydrogen) atoms. The van der Waals surface area contributed by atoms with Gasteiger partial charge in [0.2, 0.25) is 0 Å². The van der Waals surface area contributed by atoms with Gasteiger partial charge in [0.15, 0.2) is 0 Å². The molecule has 0 aliphatic rings. The van der Waals surface area contributed by atoms with Gasteiger partial charge < -0.3 is 5.11 Å². The van der Waals surface area contributed by atoms with Crippen LogP contribution in [0.1, 0.15) is 11.1 Å². The molecule has 0 radical (unpaired) electrons. The number of carboxylic acids is 1. The number of hydrogen-bond donors (Lipinski definition) is 1. The summed E-state index contributed by atoms with van der Waals surface area (Å²) >= 11 is 1.05. The van der Waals surface area contributed by atoms with Crippen molar-refractivity contribution < 1.29 is 9.90 Å². The standard InChI is InChI=1S/C14H11N3O2S/c15-9-11-6-7-16-17-13(11)20-12(14(18)19)8-10-4-2-1-3-5-10/h1-7,12H,8H2,(H,18,19). The fourth-order valence-electron chi connectivity index (χ4n) is 1.63. The van der Waals surface area contributed by atoms with Gasteiger partial charge in [-0.2, -0.15) is 10.4 Å². The molecule has 1 heterocycles. The average molecular weight is 285 g/mol. The summed E-state index contributed by atoms with van der Waals surface area (Å²) in [5.74, 6) is -0.937. The molecule has 0 fully saturated rings. The number of carboxylic acid groups (broad SMARTS) is 1. The minimum Gasteiger partial charge on any atom is -0.480 e. The SMILES string of the molecule is N#Cc1ccnnc1SC(Cc1ccccc1)C(=O)O. The van der Waals surface area contributed by atoms with Gasteiger partial charge in [-0.1, -0.05) is 42.1 Å². The highest BCUT2D eigenvalue weighted by Crippen LogP contribution is 2.26. The van der Waals surface area contributed by atoms with Crippen LogP contribution in [0.2, 0.25) is 0 Å². The molecule has 0 aliphatic carbocycles. The van der Waals surface area contributed by atoms with E-state index in [-0.39, 0.29) is 0 Å². The van der Waals surface area contributed by atoms with Gasteiger partial charge in [-0.05, 0) is 18.1 Å². The number of nitrogens with zero attached hydrogens (tertiary/aromatic N) is 3. The molecule has 100 valence electrons. The minimum absolute atomic E-state index is 0.337. The van der Waals surface area contributed by atoms with Crippen LogP contribution in [-0.4, -0.2) is 26.5 Å². The zero-order chi connectivity index (χ0) is 14.4. The zero-order valence-electron chi connectivity index (χ0n) is 10.4. The lowest BCUT2D eigenvalue weighted by Crippen LogP contribution is -2.19. The fourth-order valence-corrected chi connectivity index (χ4v) is 2.61. The number of aromatic nitrogens is 2. The molecule has 6 heteroatoms. The van der Waals surface area contributed by atoms with Crippen LogP contribution in [0.4, 0.5) is 0 Å². The molecule has 0 saturated carbocycles. The number of rotatable bonds is 5. The average Bonchev–Trinajstić information content (AvgIpc) is 2.48. The fraction of sp³-hybridized carbons (Fsp3) is 0.143. The number of benzene rings is 1. The molecule has 1 unspecified atom stereocenters. The normalized spacial score (nSPS) is 11.6. The molecule has 5 nitrogen and oxygen atoms in total. The first kappa shape index (κ1) is 14.0. The molecule has 0 saturated heterocycles. The van der Waals surface area contributed by atoms with Crippen LogP contribution < -0.4 is 0 Å². The third kappa shape index (κ3) is 3.56. The van der Waals surface area contributed by atoms with Gasteiger partial charge in [-0.25, -0.2) is 0 Å². The summed E-state index contributed by atoms with van der Waals surface area (Å²) in [5, 5.41) is 25.5. The van der Waals surface area contributed by atoms with Crippen molar-refractivity contribution in [1.82, 2.24) is 10.2 Å². The summed E-state index contributed by atoms with van der Waals surface area (Å²) < 4.78 is 0. The second-order valence-corrected chi connectivity index (χ2v) is 5.19. The highest BCUT2D eigenvalue weighted by atomic mass is 32.2. The molecular weight excluding hydrogens is 274 g/mol. The number of nitriles is 1. The topological polar surface area (TPSA) is 86.9 Å². The van der Waals surface area contributed by atoms with Crippen molar-refractivity contribution in [3.8, 4) is 6.07 Å². The Hall–Kier alpha value is -2.39. The van der Waals surface area contributed by atoms with Crippen LogP contribution in [0.3, 0.4) is 0 Å². The first-order chi connectivity index (χ1) is 9.70. The van der Waals surface area contributed by atoms with Crippen LogP contribution in [0.15, 0.2) is 47.6 Å². The Bertz CT molecular complexity index is 640. The number of carbonyl (C=O) groups is 1. The Morgan fingerprint density at radius 2 is 2.10 bits per heavy atom. The highest BCUT2D eigenvalue weighted by molar-refractivity contribution is 8.00. The Balaban J connectivity index is 2.18. The molecule has 0 bridgehead atoms. The van der Waals surface area contributed by atoms with Crippen LogP contribution in [0.25, 0.3) is 0 Å². The predicted octanol–water partition coefficient (Wildman–Crippen LogP) is 2.14. The number of hydrogen-bond acceptors (Lipinski definition) is 5. The van der Waals surface area contributed by atoms with Gasteiger partial charge in [-0.3, -0.25) is 4.79 Å². The first-order valence-electron chi connectivity index (χ1n) is 5.86. The van der Waals surface area contributed by atoms with Crippen molar-refractivity contribution >= 4 is 17.7 Å². The maximum Gasteiger partial charge on any atom is 0.317 e. The molecule has 1 atom stereocenters. The summed E-state index contributed by atoms with van der Waals surface area (Å²) in [5.41, 5.74) is 1.26. The second kappa shape index (κ2) is 6.68. The van der Waals surface area contributed by atoms with Gasteiger partial charge in [0, 0.05) is 0 Å². The zero-order valence-corrected chi connectivity index (χ0v) is 11.2. The van der Waals surface area contributed by atoms with Gasteiger partial charge in [0.1, 0.15) is 16.3 Å². The first-order valence-corrected chi connectivity index (χ1v) is 6.74. The van der Waals surface area contributed by atoms with E-state index in [2.05, 4.69) is 10.2 Å². The molecular formula is C14H11N3O2S. The van der Waals surface area contributed by atoms with Crippen molar-refractivity contribution in [1.29, 1.82) is 5.26 Å². The summed E-state index contributed by atoms with van der Waals surface area (Å²) in [6.07, 6.45) is 1.78. The molecule has 0 spiro atoms. The van der Waals surface area contributed by atoms with Crippen molar-refractivity contribution in [2.45, 2.75) is 16.7 Å². The van der Waals surface area contributed by atoms with Gasteiger partial charge >= 0.3 is 5.97 Å². The van der Waals surface area contributed by atoms with Crippen molar-refractivity contribution in [3.63, 3.8) is 0 Å². The van der Waals surface area contributed by atoms with E-state index in [9.17, 15) is 9.90 Å². The Morgan fingerprint density at radius 1 is 1.35 bits per heavy atom. The number of aliphatic carboxylic acids is 1. The Labute approximate surface area is 120 Å². The molecule has 1 aromatic carbocycles. The van der Waals surface area contributed by atoms with E-state index in [1.54, 1.807) is 0 Å². The second-order valence-electron chi connectivity index (χ2n) is 4.00. The van der Waals surface area contributed by atoms with Crippen molar-refractivity contribution in [2.24, 2.45) is 0 Å². The predicted molar refractivity (Wildman–Crippen MR) is 74.2 cm³/mol. The summed E-state index contributed by atoms with van der Waals surface area (Å²) in [6.45, 7) is 0. The van der Waals surface area contributed by atoms with E-state index in [4.69, 9.17) is 5.26 Å². The quantitative estimate of drug-likeness (QED) is 0.847. The third-order valence-electron chi connectivity index (χ3n) is 2.60. The van der Waals surface area contributed by atoms with Crippen LogP contribution >= 0.6 is 11.8 Å². The van der Waals surface area contributed by atoms with E-state index in [1.165, 1.54) is 12.3 Å². The molecule has 1 aromatic heterocycles. The maximum atomic E-state index is 11.4. The highest BCUT2D eigenvalue weighted by Gasteiger charge is 2.22. The van der Waals surface area contributed by atoms with Crippen molar-refractivity contribution in [3.05, 3.63) is 53.7 Å². The van der Waals surface area contributed by atoms with E-state index < -0.39 is 11.2 Å². The van der Waals surface area contributed by atoms with E-state index in [0.717, 1.165) is 17.3 Å². The molecule has 2 rings (SSSR count). The molecule has 0 amide bonds. The van der Waals surface area contributed by atoms with Gasteiger partial charge in [0.05, 0.1) is 11.8 Å². The largest absolute Gasteiger partial charge is 0.480 e. The molecule has 1 N–H and O–H groups in total. The lowest BCUT2D eigenvalue weighted by molar-refractivity contribution is -0.136. The van der Waals surface area contributed by atoms with Crippen LogP contribution in [-0.2, 0) is 11.2 Å². The lowest BCUT2D eigenvalue weighted by atomic mass is 10.1. The van der Waals surface area contributed by atoms with Crippen molar-refractivity contribution in [2.75, 3.05) is 0 Å². The number of thioether (sulfide) groups is 1. The summed E-state index contributed by atoms with van der Waals surface area (Å²) in [7, 11) is 0. The monoisotopic (exact) mass is 285 g/mol. The maximum absolute atomic E-state index is 11.4. The minimum atomic E-state index is -0.937. The summed E-state index contributed by atoms with van der Waals surface area (Å²) in [6, 6.07) is 12.9. The summed E-state index contributed by atoms with van der Waals surface area (Å²) in [4.78, 5) is 11.4. The Kier molecular flexibility index (Phi) is 4.69. The molecule has 2 aromatic rings. The van der Waals surface area contributed by atoms with Gasteiger partial charge in [-0.15, -0.1) is 5.10 Å². The van der Waals surface area contributed by atoms with Crippen LogP contribution in [0, 0.1) is 11.3 Å². The van der Waals surface area contributed by atoms with Crippen LogP contribution in [0.5, 0.6) is 0 Å². The lowest BCUT2D eigenvalue weighted by Gasteiger charge is -2.11. The molecule has 0 aliphatic heterocycles. The van der Waals surface area contributed by atoms with Gasteiger partial charge in [0.25, 0.3) is 0 Å². The van der Waals surface area contributed by atoms with E-state index in [1.807, 2.05) is 36.4 Å². The Morgan fingerprint density at radius 3 is 2.75 bits per heavy atom.